The first kappa shape index (κ1) is 32.1. The van der Waals surface area contributed by atoms with Crippen LogP contribution in [0.15, 0.2) is 0 Å². The molecule has 0 rings (SSSR count). The van der Waals surface area contributed by atoms with E-state index in [0.29, 0.717) is 6.61 Å². The molecule has 0 aromatic carbocycles. The molecule has 5 heteroatoms. The third-order valence-electron chi connectivity index (χ3n) is 0.512. The Morgan fingerprint density at radius 1 is 1.00 bits per heavy atom. The van der Waals surface area contributed by atoms with E-state index in [1.807, 2.05) is 0 Å². The van der Waals surface area contributed by atoms with Crippen LogP contribution in [-0.2, 0) is 0 Å². The van der Waals surface area contributed by atoms with Crippen LogP contribution >= 0.6 is 49.6 Å². The molecule has 0 radical (unpaired) electrons. The first-order valence-corrected chi connectivity index (χ1v) is 2.02. The zero-order valence-corrected chi connectivity index (χ0v) is 8.47. The summed E-state index contributed by atoms with van der Waals surface area (Å²) in [6.07, 6.45) is 2.04. The number of unbranched alkanes of at least 4 members (excludes halogenated alkanes) is 1. The van der Waals surface area contributed by atoms with Gasteiger partial charge in [-0.15, -0.1) is 49.6 Å². The minimum atomic E-state index is 0. The number of hydrogen-bond donors (Lipinski definition) is 1. The Hall–Kier alpha value is 1.12. The van der Waals surface area contributed by atoms with Crippen molar-refractivity contribution in [1.82, 2.24) is 0 Å². The number of aliphatic hydroxyl groups is 1. The van der Waals surface area contributed by atoms with Gasteiger partial charge in [-0.05, 0) is 6.42 Å². The van der Waals surface area contributed by atoms with Crippen LogP contribution in [0.1, 0.15) is 19.8 Å². The number of halogens is 4. The van der Waals surface area contributed by atoms with Crippen molar-refractivity contribution in [2.75, 3.05) is 6.61 Å². The van der Waals surface area contributed by atoms with Crippen LogP contribution in [0.4, 0.5) is 0 Å². The van der Waals surface area contributed by atoms with E-state index in [2.05, 4.69) is 6.92 Å². The lowest BCUT2D eigenvalue weighted by Crippen LogP contribution is -1.75. The van der Waals surface area contributed by atoms with E-state index < -0.39 is 0 Å². The van der Waals surface area contributed by atoms with Crippen molar-refractivity contribution < 1.29 is 5.11 Å². The van der Waals surface area contributed by atoms with Gasteiger partial charge >= 0.3 is 0 Å². The normalized spacial score (nSPS) is 4.67. The predicted molar refractivity (Wildman–Crippen MR) is 51.0 cm³/mol. The average molecular weight is 220 g/mol. The SMILES string of the molecule is CCCCO.Cl.Cl.Cl.Cl. The molecule has 0 aromatic rings. The summed E-state index contributed by atoms with van der Waals surface area (Å²) < 4.78 is 0. The smallest absolute Gasteiger partial charge is 0.0430 e. The van der Waals surface area contributed by atoms with Crippen LogP contribution < -0.4 is 0 Å². The van der Waals surface area contributed by atoms with Crippen LogP contribution in [0.2, 0.25) is 0 Å². The summed E-state index contributed by atoms with van der Waals surface area (Å²) in [5.74, 6) is 0. The summed E-state index contributed by atoms with van der Waals surface area (Å²) in [4.78, 5) is 0. The average Bonchev–Trinajstić information content (AvgIpc) is 1.41. The summed E-state index contributed by atoms with van der Waals surface area (Å²) in [7, 11) is 0. The van der Waals surface area contributed by atoms with E-state index >= 15 is 0 Å². The number of rotatable bonds is 2. The van der Waals surface area contributed by atoms with Gasteiger partial charge in [0.1, 0.15) is 0 Å². The van der Waals surface area contributed by atoms with Crippen molar-refractivity contribution in [2.45, 2.75) is 19.8 Å². The van der Waals surface area contributed by atoms with Gasteiger partial charge in [-0.3, -0.25) is 0 Å². The van der Waals surface area contributed by atoms with E-state index in [9.17, 15) is 0 Å². The fourth-order valence-corrected chi connectivity index (χ4v) is 0.158. The van der Waals surface area contributed by atoms with Crippen molar-refractivity contribution in [3.05, 3.63) is 0 Å². The molecule has 0 saturated carbocycles. The molecular weight excluding hydrogens is 206 g/mol. The van der Waals surface area contributed by atoms with Crippen molar-refractivity contribution in [1.29, 1.82) is 0 Å². The molecular formula is C4H14Cl4O. The topological polar surface area (TPSA) is 20.2 Å². The Kier molecular flexibility index (Phi) is 126. The van der Waals surface area contributed by atoms with E-state index in [1.165, 1.54) is 0 Å². The van der Waals surface area contributed by atoms with E-state index in [-0.39, 0.29) is 49.6 Å². The molecule has 9 heavy (non-hydrogen) atoms. The standard InChI is InChI=1S/C4H10O.4ClH/c1-2-3-4-5;;;;/h5H,2-4H2,1H3;4*1H. The summed E-state index contributed by atoms with van der Waals surface area (Å²) in [6.45, 7) is 2.40. The van der Waals surface area contributed by atoms with Crippen molar-refractivity contribution >= 4 is 49.6 Å². The predicted octanol–water partition coefficient (Wildman–Crippen LogP) is 2.47. The molecule has 0 heterocycles. The molecule has 0 bridgehead atoms. The quantitative estimate of drug-likeness (QED) is 0.757. The summed E-state index contributed by atoms with van der Waals surface area (Å²) in [5, 5.41) is 8.07. The molecule has 1 N–H and O–H groups in total. The van der Waals surface area contributed by atoms with E-state index in [0.717, 1.165) is 12.8 Å². The maximum Gasteiger partial charge on any atom is 0.0430 e. The first-order valence-electron chi connectivity index (χ1n) is 2.02. The Morgan fingerprint density at radius 2 is 1.33 bits per heavy atom. The minimum Gasteiger partial charge on any atom is -0.396 e. The van der Waals surface area contributed by atoms with Crippen LogP contribution in [0, 0.1) is 0 Å². The van der Waals surface area contributed by atoms with Crippen molar-refractivity contribution in [3.63, 3.8) is 0 Å². The molecule has 0 unspecified atom stereocenters. The maximum atomic E-state index is 8.07. The third kappa shape index (κ3) is 47.5. The minimum absolute atomic E-state index is 0. The highest BCUT2D eigenvalue weighted by molar-refractivity contribution is 5.86. The van der Waals surface area contributed by atoms with Gasteiger partial charge in [0.15, 0.2) is 0 Å². The lowest BCUT2D eigenvalue weighted by atomic mass is 10.4. The van der Waals surface area contributed by atoms with Crippen molar-refractivity contribution in [3.8, 4) is 0 Å². The molecule has 0 aliphatic heterocycles. The second kappa shape index (κ2) is 35.4. The van der Waals surface area contributed by atoms with Gasteiger partial charge < -0.3 is 5.11 Å². The van der Waals surface area contributed by atoms with Crippen LogP contribution in [0.3, 0.4) is 0 Å². The largest absolute Gasteiger partial charge is 0.396 e. The number of aliphatic hydroxyl groups excluding tert-OH is 1. The monoisotopic (exact) mass is 218 g/mol. The second-order valence-electron chi connectivity index (χ2n) is 1.08. The molecule has 0 aromatic heterocycles. The molecule has 0 spiro atoms. The van der Waals surface area contributed by atoms with Crippen LogP contribution in [0.25, 0.3) is 0 Å². The van der Waals surface area contributed by atoms with Crippen LogP contribution in [0.5, 0.6) is 0 Å². The highest BCUT2D eigenvalue weighted by Crippen LogP contribution is 1.78. The third-order valence-corrected chi connectivity index (χ3v) is 0.512. The molecule has 0 aliphatic rings. The Labute approximate surface area is 81.2 Å². The molecule has 64 valence electrons. The molecule has 0 atom stereocenters. The van der Waals surface area contributed by atoms with E-state index in [4.69, 9.17) is 5.11 Å². The zero-order chi connectivity index (χ0) is 4.12. The van der Waals surface area contributed by atoms with Crippen LogP contribution in [-0.4, -0.2) is 11.7 Å². The Bertz CT molecular complexity index is 20.0. The number of hydrogen-bond acceptors (Lipinski definition) is 1. The second-order valence-corrected chi connectivity index (χ2v) is 1.08. The summed E-state index contributed by atoms with van der Waals surface area (Å²) in [6, 6.07) is 0. The van der Waals surface area contributed by atoms with Gasteiger partial charge in [0, 0.05) is 6.61 Å². The lowest BCUT2D eigenvalue weighted by Gasteiger charge is -1.79. The molecule has 0 aliphatic carbocycles. The van der Waals surface area contributed by atoms with Gasteiger partial charge in [0.05, 0.1) is 0 Å². The molecule has 0 amide bonds. The van der Waals surface area contributed by atoms with Gasteiger partial charge in [-0.25, -0.2) is 0 Å². The Morgan fingerprint density at radius 3 is 1.33 bits per heavy atom. The molecule has 0 saturated heterocycles. The van der Waals surface area contributed by atoms with Gasteiger partial charge in [0.2, 0.25) is 0 Å². The van der Waals surface area contributed by atoms with Gasteiger partial charge in [0.25, 0.3) is 0 Å². The van der Waals surface area contributed by atoms with Gasteiger partial charge in [-0.1, -0.05) is 13.3 Å². The maximum absolute atomic E-state index is 8.07. The Balaban J connectivity index is -0.0000000133. The fraction of sp³-hybridized carbons (Fsp3) is 1.00. The molecule has 0 fully saturated rings. The highest BCUT2D eigenvalue weighted by Gasteiger charge is 1.69. The lowest BCUT2D eigenvalue weighted by molar-refractivity contribution is 0.287. The van der Waals surface area contributed by atoms with E-state index in [1.54, 1.807) is 0 Å². The molecule has 1 nitrogen and oxygen atoms in total. The zero-order valence-electron chi connectivity index (χ0n) is 5.20. The summed E-state index contributed by atoms with van der Waals surface area (Å²) >= 11 is 0. The highest BCUT2D eigenvalue weighted by atomic mass is 35.5. The van der Waals surface area contributed by atoms with Gasteiger partial charge in [-0.2, -0.15) is 0 Å². The fourth-order valence-electron chi connectivity index (χ4n) is 0.158. The first-order chi connectivity index (χ1) is 2.41. The summed E-state index contributed by atoms with van der Waals surface area (Å²) in [5.41, 5.74) is 0. The van der Waals surface area contributed by atoms with Crippen molar-refractivity contribution in [2.24, 2.45) is 0 Å².